The predicted octanol–water partition coefficient (Wildman–Crippen LogP) is 3.51. The maximum absolute atomic E-state index is 4.50. The molecule has 1 aliphatic heterocycles. The minimum atomic E-state index is -1.18. The summed E-state index contributed by atoms with van der Waals surface area (Å²) in [5, 5.41) is 1.53. The van der Waals surface area contributed by atoms with Gasteiger partial charge in [0.25, 0.3) is 0 Å². The van der Waals surface area contributed by atoms with Crippen molar-refractivity contribution in [1.29, 1.82) is 0 Å². The molecule has 1 unspecified atom stereocenters. The van der Waals surface area contributed by atoms with Crippen molar-refractivity contribution in [3.63, 3.8) is 0 Å². The summed E-state index contributed by atoms with van der Waals surface area (Å²) in [5.74, 6) is 0. The number of hydrogen-bond donors (Lipinski definition) is 0. The second-order valence-electron chi connectivity index (χ2n) is 5.02. The smallest absolute Gasteiger partial charge is 0.00410 e. The first kappa shape index (κ1) is 10.2. The van der Waals surface area contributed by atoms with E-state index in [2.05, 4.69) is 49.4 Å². The zero-order valence-electron chi connectivity index (χ0n) is 9.74. The van der Waals surface area contributed by atoms with Gasteiger partial charge in [-0.25, -0.2) is 0 Å². The Morgan fingerprint density at radius 2 is 2.06 bits per heavy atom. The Bertz CT molecular complexity index is 546. The van der Waals surface area contributed by atoms with Crippen LogP contribution in [0.5, 0.6) is 0 Å². The molecule has 0 N–H and O–H groups in total. The topological polar surface area (TPSA) is 0 Å². The van der Waals surface area contributed by atoms with E-state index in [0.717, 1.165) is 0 Å². The Morgan fingerprint density at radius 3 is 2.94 bits per heavy atom. The van der Waals surface area contributed by atoms with E-state index < -0.39 is 6.89 Å². The minimum Gasteiger partial charge on any atom is -0.0965 e. The van der Waals surface area contributed by atoms with Gasteiger partial charge in [0.05, 0.1) is 0 Å². The molecule has 0 aromatic heterocycles. The average molecular weight is 228 g/mol. The van der Waals surface area contributed by atoms with E-state index >= 15 is 0 Å². The Kier molecular flexibility index (Phi) is 2.23. The Morgan fingerprint density at radius 1 is 1.25 bits per heavy atom. The molecule has 0 saturated carbocycles. The Hall–Kier alpha value is -1.00. The maximum atomic E-state index is 4.50. The van der Waals surface area contributed by atoms with Crippen LogP contribution in [0.1, 0.15) is 18.4 Å². The van der Waals surface area contributed by atoms with Crippen LogP contribution in [0.15, 0.2) is 42.0 Å². The molecule has 1 atom stereocenters. The molecule has 0 nitrogen and oxygen atoms in total. The van der Waals surface area contributed by atoms with Crippen molar-refractivity contribution in [3.05, 3.63) is 47.6 Å². The van der Waals surface area contributed by atoms with E-state index in [9.17, 15) is 0 Å². The summed E-state index contributed by atoms with van der Waals surface area (Å²) in [6.45, 7) is 1.18. The first-order chi connectivity index (χ1) is 7.68. The van der Waals surface area contributed by atoms with Crippen molar-refractivity contribution in [1.82, 2.24) is 0 Å². The van der Waals surface area contributed by atoms with E-state index in [-0.39, 0.29) is 0 Å². The fourth-order valence-electron chi connectivity index (χ4n) is 2.83. The minimum absolute atomic E-state index is 1.18. The summed E-state index contributed by atoms with van der Waals surface area (Å²) in [6, 6.07) is 8.89. The van der Waals surface area contributed by atoms with Crippen LogP contribution in [-0.4, -0.2) is 19.1 Å². The van der Waals surface area contributed by atoms with Crippen LogP contribution >= 0.6 is 6.89 Å². The van der Waals surface area contributed by atoms with Crippen molar-refractivity contribution >= 4 is 24.1 Å². The van der Waals surface area contributed by atoms with Gasteiger partial charge in [-0.05, 0) is 47.7 Å². The normalized spacial score (nSPS) is 27.6. The van der Waals surface area contributed by atoms with Gasteiger partial charge in [0, 0.05) is 0 Å². The second kappa shape index (κ2) is 3.50. The summed E-state index contributed by atoms with van der Waals surface area (Å²) in [7, 11) is 0. The molecule has 1 heteroatoms. The van der Waals surface area contributed by atoms with Crippen LogP contribution in [0.4, 0.5) is 0 Å². The summed E-state index contributed by atoms with van der Waals surface area (Å²) in [5.41, 5.74) is 4.62. The molecule has 1 aromatic rings. The van der Waals surface area contributed by atoms with Crippen LogP contribution < -0.4 is 5.30 Å². The lowest BCUT2D eigenvalue weighted by Crippen LogP contribution is -2.20. The molecule has 0 spiro atoms. The van der Waals surface area contributed by atoms with Crippen LogP contribution in [0.25, 0.3) is 5.57 Å². The van der Waals surface area contributed by atoms with Gasteiger partial charge in [0.2, 0.25) is 0 Å². The molecule has 0 bridgehead atoms. The van der Waals surface area contributed by atoms with Gasteiger partial charge in [0.1, 0.15) is 0 Å². The van der Waals surface area contributed by atoms with Gasteiger partial charge in [-0.15, -0.1) is 0 Å². The number of allylic oxidation sites excluding steroid dienone is 4. The van der Waals surface area contributed by atoms with Gasteiger partial charge in [0.15, 0.2) is 0 Å². The molecule has 1 aliphatic carbocycles. The Labute approximate surface area is 97.7 Å². The third-order valence-electron chi connectivity index (χ3n) is 3.60. The highest BCUT2D eigenvalue weighted by Crippen LogP contribution is 2.50. The van der Waals surface area contributed by atoms with E-state index in [4.69, 9.17) is 0 Å². The quantitative estimate of drug-likeness (QED) is 0.596. The maximum Gasteiger partial charge on any atom is -0.00410 e. The lowest BCUT2D eigenvalue weighted by Gasteiger charge is -2.32. The summed E-state index contributed by atoms with van der Waals surface area (Å²) in [6.07, 6.45) is 12.7. The molecule has 3 rings (SSSR count). The Balaban J connectivity index is 2.29. The molecule has 0 fully saturated rings. The standard InChI is InChI=1S/C15H17P/c1-16(2)11-12-7-3-4-8-13(12)14-9-5-6-10-15(14)16/h3,5-7,9-10H,1,4,8,11H2,2H3. The third kappa shape index (κ3) is 1.44. The van der Waals surface area contributed by atoms with Gasteiger partial charge < -0.3 is 0 Å². The molecular formula is C15H17P. The molecule has 1 heterocycles. The van der Waals surface area contributed by atoms with Crippen LogP contribution in [-0.2, 0) is 0 Å². The summed E-state index contributed by atoms with van der Waals surface area (Å²) >= 11 is 0. The van der Waals surface area contributed by atoms with Crippen molar-refractivity contribution in [2.75, 3.05) is 12.8 Å². The van der Waals surface area contributed by atoms with Crippen LogP contribution in [0, 0.1) is 0 Å². The average Bonchev–Trinajstić information content (AvgIpc) is 2.29. The highest BCUT2D eigenvalue weighted by atomic mass is 31.2. The zero-order chi connectivity index (χ0) is 11.2. The van der Waals surface area contributed by atoms with E-state index in [1.54, 1.807) is 11.1 Å². The van der Waals surface area contributed by atoms with Gasteiger partial charge in [-0.3, -0.25) is 0 Å². The lowest BCUT2D eigenvalue weighted by molar-refractivity contribution is 1.04. The van der Waals surface area contributed by atoms with E-state index in [1.165, 1.54) is 29.9 Å². The van der Waals surface area contributed by atoms with Crippen molar-refractivity contribution in [2.24, 2.45) is 0 Å². The number of benzene rings is 1. The molecule has 0 amide bonds. The summed E-state index contributed by atoms with van der Waals surface area (Å²) in [4.78, 5) is 0. The fourth-order valence-corrected chi connectivity index (χ4v) is 5.29. The first-order valence-electron chi connectivity index (χ1n) is 5.87. The van der Waals surface area contributed by atoms with E-state index in [1.807, 2.05) is 0 Å². The van der Waals surface area contributed by atoms with Crippen LogP contribution in [0.3, 0.4) is 0 Å². The van der Waals surface area contributed by atoms with Crippen molar-refractivity contribution < 1.29 is 0 Å². The largest absolute Gasteiger partial charge is 0.0965 e. The van der Waals surface area contributed by atoms with Crippen molar-refractivity contribution in [2.45, 2.75) is 12.8 Å². The molecular weight excluding hydrogens is 211 g/mol. The monoisotopic (exact) mass is 228 g/mol. The van der Waals surface area contributed by atoms with Gasteiger partial charge in [-0.2, -0.15) is 0 Å². The summed E-state index contributed by atoms with van der Waals surface area (Å²) < 4.78 is 0. The third-order valence-corrected chi connectivity index (χ3v) is 6.19. The molecule has 2 aliphatic rings. The van der Waals surface area contributed by atoms with Crippen molar-refractivity contribution in [3.8, 4) is 0 Å². The second-order valence-corrected chi connectivity index (χ2v) is 8.61. The number of hydrogen-bond acceptors (Lipinski definition) is 0. The molecule has 82 valence electrons. The number of rotatable bonds is 0. The van der Waals surface area contributed by atoms with Crippen LogP contribution in [0.2, 0.25) is 0 Å². The number of fused-ring (bicyclic) bond motifs is 2. The molecule has 16 heavy (non-hydrogen) atoms. The molecule has 0 radical (unpaired) electrons. The SMILES string of the molecule is C=P1(C)CC2=C(CCC=C2)c2ccccc21. The van der Waals surface area contributed by atoms with E-state index in [0.29, 0.717) is 0 Å². The van der Waals surface area contributed by atoms with Gasteiger partial charge in [-0.1, -0.05) is 49.6 Å². The van der Waals surface area contributed by atoms with Gasteiger partial charge >= 0.3 is 0 Å². The first-order valence-corrected chi connectivity index (χ1v) is 8.47. The zero-order valence-corrected chi connectivity index (χ0v) is 10.6. The fraction of sp³-hybridized carbons (Fsp3) is 0.267. The highest BCUT2D eigenvalue weighted by molar-refractivity contribution is 7.80. The molecule has 0 saturated heterocycles. The highest BCUT2D eigenvalue weighted by Gasteiger charge is 2.25. The predicted molar refractivity (Wildman–Crippen MR) is 76.2 cm³/mol. The molecule has 1 aromatic carbocycles. The lowest BCUT2D eigenvalue weighted by atomic mass is 9.92.